The van der Waals surface area contributed by atoms with Gasteiger partial charge >= 0.3 is 6.18 Å². The molecule has 1 aliphatic heterocycles. The maximum absolute atomic E-state index is 14.0. The van der Waals surface area contributed by atoms with E-state index in [-0.39, 0.29) is 23.5 Å². The normalized spacial score (nSPS) is 17.2. The molecule has 4 rings (SSSR count). The SMILES string of the molecule is COc1ccc(Cl)cc1NC(=O)c1cnn2c1N[C@H](c1ccc(OC)c(OC)c1)C[C@H]2C(F)(F)F. The highest BCUT2D eigenvalue weighted by Gasteiger charge is 2.47. The highest BCUT2D eigenvalue weighted by molar-refractivity contribution is 6.31. The van der Waals surface area contributed by atoms with E-state index in [2.05, 4.69) is 15.7 Å². The zero-order chi connectivity index (χ0) is 25.3. The Hall–Kier alpha value is -3.60. The molecule has 2 aromatic carbocycles. The van der Waals surface area contributed by atoms with Gasteiger partial charge in [-0.05, 0) is 35.9 Å². The smallest absolute Gasteiger partial charge is 0.410 e. The highest BCUT2D eigenvalue weighted by atomic mass is 35.5. The number of fused-ring (bicyclic) bond motifs is 1. The van der Waals surface area contributed by atoms with Gasteiger partial charge < -0.3 is 24.8 Å². The van der Waals surface area contributed by atoms with Gasteiger partial charge in [-0.3, -0.25) is 4.79 Å². The third-order valence-corrected chi connectivity index (χ3v) is 5.94. The van der Waals surface area contributed by atoms with Gasteiger partial charge in [-0.15, -0.1) is 0 Å². The van der Waals surface area contributed by atoms with Gasteiger partial charge in [0.2, 0.25) is 0 Å². The van der Waals surface area contributed by atoms with E-state index < -0.39 is 24.2 Å². The summed E-state index contributed by atoms with van der Waals surface area (Å²) in [7, 11) is 4.33. The van der Waals surface area contributed by atoms with Crippen molar-refractivity contribution < 1.29 is 32.2 Å². The average molecular weight is 511 g/mol. The van der Waals surface area contributed by atoms with Crippen LogP contribution in [0.1, 0.15) is 34.4 Å². The van der Waals surface area contributed by atoms with Gasteiger partial charge in [0.05, 0.1) is 39.3 Å². The molecule has 0 saturated carbocycles. The first-order valence-corrected chi connectivity index (χ1v) is 10.8. The molecule has 186 valence electrons. The number of methoxy groups -OCH3 is 3. The lowest BCUT2D eigenvalue weighted by atomic mass is 9.96. The number of benzene rings is 2. The second-order valence-electron chi connectivity index (χ2n) is 7.75. The number of anilines is 2. The number of nitrogens with one attached hydrogen (secondary N) is 2. The van der Waals surface area contributed by atoms with Gasteiger partial charge in [-0.2, -0.15) is 18.3 Å². The third kappa shape index (κ3) is 4.81. The number of alkyl halides is 3. The van der Waals surface area contributed by atoms with E-state index in [0.717, 1.165) is 10.9 Å². The van der Waals surface area contributed by atoms with Gasteiger partial charge in [0.25, 0.3) is 5.91 Å². The minimum absolute atomic E-state index is 0.0585. The molecule has 0 spiro atoms. The molecule has 0 unspecified atom stereocenters. The number of carbonyl (C=O) groups excluding carboxylic acids is 1. The Labute approximate surface area is 203 Å². The van der Waals surface area contributed by atoms with Gasteiger partial charge in [0.1, 0.15) is 17.1 Å². The Kier molecular flexibility index (Phi) is 6.70. The molecule has 0 bridgehead atoms. The van der Waals surface area contributed by atoms with Crippen molar-refractivity contribution in [2.75, 3.05) is 32.0 Å². The lowest BCUT2D eigenvalue weighted by Crippen LogP contribution is -2.36. The van der Waals surface area contributed by atoms with Crippen LogP contribution in [0.3, 0.4) is 0 Å². The van der Waals surface area contributed by atoms with Crippen LogP contribution in [-0.2, 0) is 0 Å². The number of rotatable bonds is 6. The van der Waals surface area contributed by atoms with Crippen LogP contribution < -0.4 is 24.8 Å². The van der Waals surface area contributed by atoms with E-state index in [1.807, 2.05) is 0 Å². The molecule has 2 heterocycles. The predicted octanol–water partition coefficient (Wildman–Crippen LogP) is 5.47. The fourth-order valence-corrected chi connectivity index (χ4v) is 4.16. The molecule has 12 heteroatoms. The first-order chi connectivity index (χ1) is 16.7. The predicted molar refractivity (Wildman–Crippen MR) is 124 cm³/mol. The lowest BCUT2D eigenvalue weighted by Gasteiger charge is -2.34. The van der Waals surface area contributed by atoms with E-state index in [9.17, 15) is 18.0 Å². The minimum atomic E-state index is -4.60. The van der Waals surface area contributed by atoms with Gasteiger partial charge in [0, 0.05) is 11.4 Å². The largest absolute Gasteiger partial charge is 0.495 e. The topological polar surface area (TPSA) is 86.6 Å². The van der Waals surface area contributed by atoms with Crippen molar-refractivity contribution in [3.05, 3.63) is 58.7 Å². The van der Waals surface area contributed by atoms with Crippen LogP contribution in [0.5, 0.6) is 17.2 Å². The summed E-state index contributed by atoms with van der Waals surface area (Å²) in [5, 5.41) is 9.92. The number of hydrogen-bond acceptors (Lipinski definition) is 6. The second-order valence-corrected chi connectivity index (χ2v) is 8.19. The second kappa shape index (κ2) is 9.57. The van der Waals surface area contributed by atoms with Crippen molar-refractivity contribution in [1.29, 1.82) is 0 Å². The molecule has 8 nitrogen and oxygen atoms in total. The Morgan fingerprint density at radius 2 is 1.77 bits per heavy atom. The zero-order valence-electron chi connectivity index (χ0n) is 18.9. The van der Waals surface area contributed by atoms with Crippen molar-refractivity contribution in [2.24, 2.45) is 0 Å². The summed E-state index contributed by atoms with van der Waals surface area (Å²) in [6, 6.07) is 6.77. The quantitative estimate of drug-likeness (QED) is 0.457. The molecule has 0 saturated heterocycles. The molecule has 1 aliphatic rings. The summed E-state index contributed by atoms with van der Waals surface area (Å²) in [5.74, 6) is 0.429. The van der Waals surface area contributed by atoms with Crippen LogP contribution in [-0.4, -0.2) is 43.2 Å². The molecule has 2 N–H and O–H groups in total. The van der Waals surface area contributed by atoms with Crippen molar-refractivity contribution in [3.63, 3.8) is 0 Å². The van der Waals surface area contributed by atoms with E-state index in [4.69, 9.17) is 25.8 Å². The Bertz CT molecular complexity index is 1250. The number of nitrogens with zero attached hydrogens (tertiary/aromatic N) is 2. The lowest BCUT2D eigenvalue weighted by molar-refractivity contribution is -0.173. The molecule has 0 radical (unpaired) electrons. The summed E-state index contributed by atoms with van der Waals surface area (Å²) < 4.78 is 58.6. The van der Waals surface area contributed by atoms with Crippen LogP contribution in [0, 0.1) is 0 Å². The Morgan fingerprint density at radius 1 is 1.09 bits per heavy atom. The monoisotopic (exact) mass is 510 g/mol. The summed E-state index contributed by atoms with van der Waals surface area (Å²) in [5.41, 5.74) is 0.739. The van der Waals surface area contributed by atoms with Gasteiger partial charge in [0.15, 0.2) is 17.5 Å². The van der Waals surface area contributed by atoms with Crippen molar-refractivity contribution >= 4 is 29.0 Å². The van der Waals surface area contributed by atoms with Gasteiger partial charge in [-0.1, -0.05) is 17.7 Å². The number of aromatic nitrogens is 2. The van der Waals surface area contributed by atoms with Crippen LogP contribution in [0.25, 0.3) is 0 Å². The van der Waals surface area contributed by atoms with Crippen molar-refractivity contribution in [1.82, 2.24) is 9.78 Å². The third-order valence-electron chi connectivity index (χ3n) is 5.70. The molecule has 0 fully saturated rings. The molecule has 0 aliphatic carbocycles. The summed E-state index contributed by atoms with van der Waals surface area (Å²) in [6.07, 6.45) is -3.83. The van der Waals surface area contributed by atoms with Crippen LogP contribution >= 0.6 is 11.6 Å². The average Bonchev–Trinajstić information content (AvgIpc) is 3.26. The standard InChI is InChI=1S/C23H22ClF3N4O4/c1-33-17-7-5-13(24)9-16(17)30-22(32)14-11-28-31-20(23(25,26)27)10-15(29-21(14)31)12-4-6-18(34-2)19(8-12)35-3/h4-9,11,15,20,29H,10H2,1-3H3,(H,30,32)/t15-,20-/m0/s1. The van der Waals surface area contributed by atoms with E-state index >= 15 is 0 Å². The van der Waals surface area contributed by atoms with Crippen molar-refractivity contribution in [3.8, 4) is 17.2 Å². The molecule has 1 amide bonds. The molecule has 3 aromatic rings. The molecule has 2 atom stereocenters. The Morgan fingerprint density at radius 3 is 2.43 bits per heavy atom. The van der Waals surface area contributed by atoms with Crippen LogP contribution in [0.4, 0.5) is 24.7 Å². The maximum atomic E-state index is 14.0. The number of ether oxygens (including phenoxy) is 3. The maximum Gasteiger partial charge on any atom is 0.410 e. The van der Waals surface area contributed by atoms with Crippen LogP contribution in [0.15, 0.2) is 42.6 Å². The summed E-state index contributed by atoms with van der Waals surface area (Å²) >= 11 is 6.02. The zero-order valence-corrected chi connectivity index (χ0v) is 19.7. The van der Waals surface area contributed by atoms with E-state index in [1.165, 1.54) is 27.4 Å². The molecule has 1 aromatic heterocycles. The molecular weight excluding hydrogens is 489 g/mol. The number of hydrogen-bond donors (Lipinski definition) is 2. The first-order valence-electron chi connectivity index (χ1n) is 10.4. The van der Waals surface area contributed by atoms with Crippen LogP contribution in [0.2, 0.25) is 5.02 Å². The molecule has 35 heavy (non-hydrogen) atoms. The van der Waals surface area contributed by atoms with E-state index in [1.54, 1.807) is 30.3 Å². The first kappa shape index (κ1) is 24.5. The minimum Gasteiger partial charge on any atom is -0.495 e. The summed E-state index contributed by atoms with van der Waals surface area (Å²) in [6.45, 7) is 0. The number of carbonyl (C=O) groups is 1. The molecular formula is C23H22ClF3N4O4. The fourth-order valence-electron chi connectivity index (χ4n) is 3.98. The van der Waals surface area contributed by atoms with Crippen molar-refractivity contribution in [2.45, 2.75) is 24.7 Å². The number of halogens is 4. The highest BCUT2D eigenvalue weighted by Crippen LogP contribution is 2.45. The number of amides is 1. The summed E-state index contributed by atoms with van der Waals surface area (Å²) in [4.78, 5) is 13.1. The Balaban J connectivity index is 1.71. The fraction of sp³-hybridized carbons (Fsp3) is 0.304. The van der Waals surface area contributed by atoms with Gasteiger partial charge in [-0.25, -0.2) is 4.68 Å². The van der Waals surface area contributed by atoms with E-state index in [0.29, 0.717) is 27.8 Å².